The molecule has 0 fully saturated rings. The number of benzene rings is 1. The maximum atomic E-state index is 11.7. The lowest BCUT2D eigenvalue weighted by atomic mass is 10.2. The fourth-order valence-corrected chi connectivity index (χ4v) is 1.51. The summed E-state index contributed by atoms with van der Waals surface area (Å²) in [6.07, 6.45) is 3.20. The Bertz CT molecular complexity index is 533. The van der Waals surface area contributed by atoms with Gasteiger partial charge in [0.25, 0.3) is 5.91 Å². The maximum absolute atomic E-state index is 11.7. The largest absolute Gasteiger partial charge is 0.398 e. The maximum Gasteiger partial charge on any atom is 0.254 e. The molecule has 0 aliphatic rings. The van der Waals surface area contributed by atoms with E-state index in [1.165, 1.54) is 6.20 Å². The summed E-state index contributed by atoms with van der Waals surface area (Å²) in [7, 11) is 1.77. The molecule has 88 valence electrons. The van der Waals surface area contributed by atoms with Crippen molar-refractivity contribution >= 4 is 11.6 Å². The van der Waals surface area contributed by atoms with Crippen LogP contribution in [0.3, 0.4) is 0 Å². The summed E-state index contributed by atoms with van der Waals surface area (Å²) < 4.78 is 1.59. The van der Waals surface area contributed by atoms with Gasteiger partial charge in [-0.15, -0.1) is 0 Å². The highest BCUT2D eigenvalue weighted by Crippen LogP contribution is 2.09. The molecule has 2 aromatic rings. The van der Waals surface area contributed by atoms with Gasteiger partial charge in [0.15, 0.2) is 0 Å². The molecule has 0 atom stereocenters. The molecule has 0 radical (unpaired) electrons. The first-order valence-electron chi connectivity index (χ1n) is 5.27. The van der Waals surface area contributed by atoms with Crippen LogP contribution < -0.4 is 11.1 Å². The predicted octanol–water partition coefficient (Wildman–Crippen LogP) is 0.932. The van der Waals surface area contributed by atoms with Crippen LogP contribution in [-0.4, -0.2) is 15.7 Å². The molecule has 5 heteroatoms. The van der Waals surface area contributed by atoms with E-state index in [1.807, 2.05) is 24.3 Å². The molecule has 0 bridgehead atoms. The van der Waals surface area contributed by atoms with Gasteiger partial charge in [0.2, 0.25) is 0 Å². The normalized spacial score (nSPS) is 10.2. The number of carbonyl (C=O) groups excluding carboxylic acids is 1. The highest BCUT2D eigenvalue weighted by Gasteiger charge is 2.07. The lowest BCUT2D eigenvalue weighted by Gasteiger charge is -2.06. The quantitative estimate of drug-likeness (QED) is 0.770. The molecule has 1 aromatic carbocycles. The number of nitrogens with two attached hydrogens (primary N) is 1. The number of hydrogen-bond acceptors (Lipinski definition) is 3. The smallest absolute Gasteiger partial charge is 0.254 e. The lowest BCUT2D eigenvalue weighted by molar-refractivity contribution is 0.0951. The fraction of sp³-hybridized carbons (Fsp3) is 0.167. The number of rotatable bonds is 3. The summed E-state index contributed by atoms with van der Waals surface area (Å²) >= 11 is 0. The number of nitrogens with zero attached hydrogens (tertiary/aromatic N) is 2. The fourth-order valence-electron chi connectivity index (χ4n) is 1.51. The Balaban J connectivity index is 1.99. The average Bonchev–Trinajstić information content (AvgIpc) is 2.74. The first-order chi connectivity index (χ1) is 8.16. The lowest BCUT2D eigenvalue weighted by Crippen LogP contribution is -2.22. The second-order valence-corrected chi connectivity index (χ2v) is 3.78. The number of hydrogen-bond donors (Lipinski definition) is 2. The molecule has 0 saturated carbocycles. The third-order valence-electron chi connectivity index (χ3n) is 2.46. The highest BCUT2D eigenvalue weighted by atomic mass is 16.1. The van der Waals surface area contributed by atoms with Crippen molar-refractivity contribution in [2.24, 2.45) is 7.05 Å². The van der Waals surface area contributed by atoms with Crippen LogP contribution in [0.5, 0.6) is 0 Å². The first kappa shape index (κ1) is 11.2. The minimum Gasteiger partial charge on any atom is -0.398 e. The molecule has 3 N–H and O–H groups in total. The van der Waals surface area contributed by atoms with E-state index >= 15 is 0 Å². The minimum absolute atomic E-state index is 0.152. The van der Waals surface area contributed by atoms with E-state index in [9.17, 15) is 4.79 Å². The molecule has 1 heterocycles. The summed E-state index contributed by atoms with van der Waals surface area (Å²) in [5.74, 6) is -0.152. The van der Waals surface area contributed by atoms with Crippen LogP contribution in [0, 0.1) is 0 Å². The van der Waals surface area contributed by atoms with Gasteiger partial charge in [-0.1, -0.05) is 18.2 Å². The number of anilines is 1. The van der Waals surface area contributed by atoms with Crippen LogP contribution in [0.15, 0.2) is 36.7 Å². The predicted molar refractivity (Wildman–Crippen MR) is 65.2 cm³/mol. The SMILES string of the molecule is Cn1cc(C(=O)NCc2ccccc2N)cn1. The Hall–Kier alpha value is -2.30. The summed E-state index contributed by atoms with van der Waals surface area (Å²) in [6, 6.07) is 7.45. The third kappa shape index (κ3) is 2.63. The summed E-state index contributed by atoms with van der Waals surface area (Å²) in [6.45, 7) is 0.417. The topological polar surface area (TPSA) is 72.9 Å². The Morgan fingerprint density at radius 3 is 2.88 bits per heavy atom. The van der Waals surface area contributed by atoms with E-state index < -0.39 is 0 Å². The molecule has 0 aliphatic heterocycles. The summed E-state index contributed by atoms with van der Waals surface area (Å²) in [5, 5.41) is 6.74. The Kier molecular flexibility index (Phi) is 3.09. The van der Waals surface area contributed by atoms with Gasteiger partial charge in [0, 0.05) is 25.5 Å². The number of carbonyl (C=O) groups is 1. The molecule has 0 aliphatic carbocycles. The standard InChI is InChI=1S/C12H14N4O/c1-16-8-10(7-15-16)12(17)14-6-9-4-2-3-5-11(9)13/h2-5,7-8H,6,13H2,1H3,(H,14,17). The number of nitrogens with one attached hydrogen (secondary N) is 1. The monoisotopic (exact) mass is 230 g/mol. The number of nitrogen functional groups attached to an aromatic ring is 1. The molecule has 1 amide bonds. The van der Waals surface area contributed by atoms with Crippen molar-refractivity contribution in [3.05, 3.63) is 47.8 Å². The van der Waals surface area contributed by atoms with Crippen LogP contribution in [-0.2, 0) is 13.6 Å². The van der Waals surface area contributed by atoms with Crippen LogP contribution in [0.4, 0.5) is 5.69 Å². The molecular formula is C12H14N4O. The van der Waals surface area contributed by atoms with E-state index in [0.717, 1.165) is 5.56 Å². The second kappa shape index (κ2) is 4.69. The van der Waals surface area contributed by atoms with Crippen molar-refractivity contribution < 1.29 is 4.79 Å². The second-order valence-electron chi connectivity index (χ2n) is 3.78. The molecule has 1 aromatic heterocycles. The van der Waals surface area contributed by atoms with E-state index in [-0.39, 0.29) is 5.91 Å². The molecular weight excluding hydrogens is 216 g/mol. The summed E-state index contributed by atoms with van der Waals surface area (Å²) in [4.78, 5) is 11.7. The van der Waals surface area contributed by atoms with Crippen LogP contribution >= 0.6 is 0 Å². The minimum atomic E-state index is -0.152. The highest BCUT2D eigenvalue weighted by molar-refractivity contribution is 5.93. The van der Waals surface area contributed by atoms with Gasteiger partial charge in [-0.3, -0.25) is 9.48 Å². The Morgan fingerprint density at radius 2 is 2.24 bits per heavy atom. The van der Waals surface area contributed by atoms with E-state index in [0.29, 0.717) is 17.8 Å². The van der Waals surface area contributed by atoms with Gasteiger partial charge in [-0.25, -0.2) is 0 Å². The summed E-state index contributed by atoms with van der Waals surface area (Å²) in [5.41, 5.74) is 7.91. The van der Waals surface area contributed by atoms with Gasteiger partial charge < -0.3 is 11.1 Å². The van der Waals surface area contributed by atoms with Crippen molar-refractivity contribution in [2.45, 2.75) is 6.54 Å². The molecule has 0 saturated heterocycles. The third-order valence-corrected chi connectivity index (χ3v) is 2.46. The molecule has 2 rings (SSSR count). The van der Waals surface area contributed by atoms with Gasteiger partial charge in [0.1, 0.15) is 0 Å². The van der Waals surface area contributed by atoms with E-state index in [1.54, 1.807) is 17.9 Å². The van der Waals surface area contributed by atoms with Gasteiger partial charge in [-0.2, -0.15) is 5.10 Å². The zero-order valence-electron chi connectivity index (χ0n) is 9.55. The number of aromatic nitrogens is 2. The van der Waals surface area contributed by atoms with E-state index in [4.69, 9.17) is 5.73 Å². The molecule has 5 nitrogen and oxygen atoms in total. The van der Waals surface area contributed by atoms with Crippen molar-refractivity contribution in [1.82, 2.24) is 15.1 Å². The molecule has 17 heavy (non-hydrogen) atoms. The first-order valence-corrected chi connectivity index (χ1v) is 5.27. The van der Waals surface area contributed by atoms with Crippen molar-refractivity contribution in [2.75, 3.05) is 5.73 Å². The van der Waals surface area contributed by atoms with Crippen molar-refractivity contribution in [3.63, 3.8) is 0 Å². The number of para-hydroxylation sites is 1. The number of amides is 1. The van der Waals surface area contributed by atoms with Crippen LogP contribution in [0.25, 0.3) is 0 Å². The number of aryl methyl sites for hydroxylation is 1. The Labute approximate surface area is 99.2 Å². The van der Waals surface area contributed by atoms with Gasteiger partial charge in [-0.05, 0) is 11.6 Å². The van der Waals surface area contributed by atoms with Gasteiger partial charge >= 0.3 is 0 Å². The average molecular weight is 230 g/mol. The van der Waals surface area contributed by atoms with Crippen molar-refractivity contribution in [1.29, 1.82) is 0 Å². The van der Waals surface area contributed by atoms with E-state index in [2.05, 4.69) is 10.4 Å². The zero-order valence-corrected chi connectivity index (χ0v) is 9.55. The Morgan fingerprint density at radius 1 is 1.47 bits per heavy atom. The van der Waals surface area contributed by atoms with Gasteiger partial charge in [0.05, 0.1) is 11.8 Å². The van der Waals surface area contributed by atoms with Crippen molar-refractivity contribution in [3.8, 4) is 0 Å². The van der Waals surface area contributed by atoms with Crippen LogP contribution in [0.1, 0.15) is 15.9 Å². The molecule has 0 spiro atoms. The molecule has 0 unspecified atom stereocenters. The zero-order chi connectivity index (χ0) is 12.3. The van der Waals surface area contributed by atoms with Crippen LogP contribution in [0.2, 0.25) is 0 Å².